The summed E-state index contributed by atoms with van der Waals surface area (Å²) in [5.74, 6) is 1.38. The van der Waals surface area contributed by atoms with E-state index in [4.69, 9.17) is 9.26 Å². The van der Waals surface area contributed by atoms with Crippen LogP contribution < -0.4 is 0 Å². The highest BCUT2D eigenvalue weighted by Gasteiger charge is 2.43. The van der Waals surface area contributed by atoms with Gasteiger partial charge in [0.05, 0.1) is 6.10 Å². The van der Waals surface area contributed by atoms with Crippen LogP contribution in [0.15, 0.2) is 34.2 Å². The quantitative estimate of drug-likeness (QED) is 0.755. The summed E-state index contributed by atoms with van der Waals surface area (Å²) in [5, 5.41) is 5.26. The first-order valence-electron chi connectivity index (χ1n) is 9.09. The maximum Gasteiger partial charge on any atom is 0.245 e. The molecule has 2 heterocycles. The van der Waals surface area contributed by atoms with Crippen molar-refractivity contribution in [1.82, 2.24) is 14.4 Å². The molecule has 144 valence electrons. The van der Waals surface area contributed by atoms with Crippen molar-refractivity contribution < 1.29 is 17.7 Å². The lowest BCUT2D eigenvalue weighted by molar-refractivity contribution is 0.114. The molecule has 2 atom stereocenters. The first-order chi connectivity index (χ1) is 13.0. The van der Waals surface area contributed by atoms with E-state index in [-0.39, 0.29) is 12.6 Å². The number of aromatic nitrogens is 2. The molecule has 2 fully saturated rings. The second kappa shape index (κ2) is 7.18. The largest absolute Gasteiger partial charge is 0.380 e. The van der Waals surface area contributed by atoms with Gasteiger partial charge in [0.15, 0.2) is 5.82 Å². The van der Waals surface area contributed by atoms with Crippen LogP contribution in [-0.2, 0) is 14.8 Å². The Labute approximate surface area is 159 Å². The Morgan fingerprint density at radius 2 is 2.00 bits per heavy atom. The van der Waals surface area contributed by atoms with Crippen LogP contribution in [0.4, 0.5) is 0 Å². The third kappa shape index (κ3) is 3.97. The Morgan fingerprint density at radius 1 is 1.26 bits per heavy atom. The molecule has 27 heavy (non-hydrogen) atoms. The highest BCUT2D eigenvalue weighted by atomic mass is 32.2. The van der Waals surface area contributed by atoms with E-state index < -0.39 is 16.1 Å². The highest BCUT2D eigenvalue weighted by Crippen LogP contribution is 2.40. The van der Waals surface area contributed by atoms with Gasteiger partial charge in [0.2, 0.25) is 15.9 Å². The number of benzene rings is 1. The smallest absolute Gasteiger partial charge is 0.245 e. The maximum absolute atomic E-state index is 13.0. The minimum Gasteiger partial charge on any atom is -0.380 e. The second-order valence-electron chi connectivity index (χ2n) is 7.20. The van der Waals surface area contributed by atoms with Crippen molar-refractivity contribution in [1.29, 1.82) is 0 Å². The molecular formula is C19H23N3O4S. The molecule has 1 aliphatic heterocycles. The van der Waals surface area contributed by atoms with Gasteiger partial charge in [-0.2, -0.15) is 9.29 Å². The van der Waals surface area contributed by atoms with Crippen LogP contribution in [0.3, 0.4) is 0 Å². The van der Waals surface area contributed by atoms with E-state index in [2.05, 4.69) is 10.1 Å². The number of hydrogen-bond donors (Lipinski definition) is 0. The summed E-state index contributed by atoms with van der Waals surface area (Å²) >= 11 is 0. The number of sulfonamides is 1. The van der Waals surface area contributed by atoms with E-state index >= 15 is 0 Å². The molecule has 0 spiro atoms. The summed E-state index contributed by atoms with van der Waals surface area (Å²) in [5.41, 5.74) is 1.96. The van der Waals surface area contributed by atoms with Crippen LogP contribution in [0.25, 0.3) is 6.08 Å². The lowest BCUT2D eigenvalue weighted by Gasteiger charge is -2.18. The average molecular weight is 389 g/mol. The highest BCUT2D eigenvalue weighted by molar-refractivity contribution is 7.92. The van der Waals surface area contributed by atoms with Gasteiger partial charge in [0.25, 0.3) is 0 Å². The van der Waals surface area contributed by atoms with Crippen molar-refractivity contribution in [3.05, 3.63) is 52.5 Å². The fourth-order valence-corrected chi connectivity index (χ4v) is 4.65. The van der Waals surface area contributed by atoms with Crippen LogP contribution in [0.2, 0.25) is 0 Å². The molecule has 1 aromatic heterocycles. The maximum atomic E-state index is 13.0. The molecule has 8 heteroatoms. The van der Waals surface area contributed by atoms with Crippen molar-refractivity contribution >= 4 is 16.1 Å². The molecule has 2 aliphatic rings. The van der Waals surface area contributed by atoms with E-state index in [1.54, 1.807) is 13.2 Å². The molecule has 0 radical (unpaired) electrons. The summed E-state index contributed by atoms with van der Waals surface area (Å²) in [4.78, 5) is 4.45. The minimum absolute atomic E-state index is 0.200. The molecule has 2 aromatic rings. The molecule has 1 saturated carbocycles. The van der Waals surface area contributed by atoms with Crippen molar-refractivity contribution in [2.24, 2.45) is 0 Å². The summed E-state index contributed by atoms with van der Waals surface area (Å²) in [6, 6.07) is 7.18. The zero-order valence-corrected chi connectivity index (χ0v) is 16.2. The molecule has 0 N–H and O–H groups in total. The van der Waals surface area contributed by atoms with E-state index in [9.17, 15) is 8.42 Å². The molecule has 0 unspecified atom stereocenters. The standard InChI is InChI=1S/C19H23N3O4S/c1-13-3-5-14(6-4-13)9-10-27(23,24)22-12-16(25-2)11-17(22)19-20-18(21-26-19)15-7-8-15/h3-6,9-10,15-17H,7-8,11-12H2,1-2H3/t16-,17+/m0/s1. The molecular weight excluding hydrogens is 366 g/mol. The fraction of sp³-hybridized carbons (Fsp3) is 0.474. The average Bonchev–Trinajstić information content (AvgIpc) is 3.22. The van der Waals surface area contributed by atoms with Gasteiger partial charge in [-0.3, -0.25) is 0 Å². The SMILES string of the molecule is CO[C@H]1C[C@H](c2nc(C3CC3)no2)N(S(=O)(=O)C=Cc2ccc(C)cc2)C1. The zero-order chi connectivity index (χ0) is 19.0. The first-order valence-corrected chi connectivity index (χ1v) is 10.6. The molecule has 1 saturated heterocycles. The lowest BCUT2D eigenvalue weighted by Crippen LogP contribution is -2.30. The topological polar surface area (TPSA) is 85.5 Å². The zero-order valence-electron chi connectivity index (χ0n) is 15.4. The van der Waals surface area contributed by atoms with Crippen molar-refractivity contribution in [3.8, 4) is 0 Å². The van der Waals surface area contributed by atoms with Crippen LogP contribution in [0.5, 0.6) is 0 Å². The van der Waals surface area contributed by atoms with Crippen LogP contribution >= 0.6 is 0 Å². The van der Waals surface area contributed by atoms with Gasteiger partial charge < -0.3 is 9.26 Å². The molecule has 0 amide bonds. The minimum atomic E-state index is -3.66. The van der Waals surface area contributed by atoms with Crippen molar-refractivity contribution in [2.75, 3.05) is 13.7 Å². The molecule has 4 rings (SSSR count). The van der Waals surface area contributed by atoms with E-state index in [1.165, 1.54) is 9.71 Å². The molecule has 1 aliphatic carbocycles. The van der Waals surface area contributed by atoms with Gasteiger partial charge in [-0.15, -0.1) is 0 Å². The molecule has 1 aromatic carbocycles. The van der Waals surface area contributed by atoms with Gasteiger partial charge in [-0.1, -0.05) is 35.0 Å². The van der Waals surface area contributed by atoms with E-state index in [0.717, 1.165) is 24.0 Å². The van der Waals surface area contributed by atoms with Crippen LogP contribution in [0, 0.1) is 6.92 Å². The Balaban J connectivity index is 1.58. The lowest BCUT2D eigenvalue weighted by atomic mass is 10.2. The number of aryl methyl sites for hydroxylation is 1. The van der Waals surface area contributed by atoms with Gasteiger partial charge >= 0.3 is 0 Å². The third-order valence-corrected chi connectivity index (χ3v) is 6.61. The Morgan fingerprint density at radius 3 is 2.67 bits per heavy atom. The second-order valence-corrected chi connectivity index (χ2v) is 8.97. The Bertz CT molecular complexity index is 932. The summed E-state index contributed by atoms with van der Waals surface area (Å²) in [6.07, 6.45) is 4.03. The third-order valence-electron chi connectivity index (χ3n) is 5.07. The Hall–Kier alpha value is -2.03. The van der Waals surface area contributed by atoms with E-state index in [0.29, 0.717) is 24.1 Å². The first kappa shape index (κ1) is 18.3. The fourth-order valence-electron chi connectivity index (χ4n) is 3.26. The number of hydrogen-bond acceptors (Lipinski definition) is 6. The predicted molar refractivity (Wildman–Crippen MR) is 100 cm³/mol. The molecule has 7 nitrogen and oxygen atoms in total. The Kier molecular flexibility index (Phi) is 4.88. The molecule has 0 bridgehead atoms. The number of rotatable bonds is 6. The van der Waals surface area contributed by atoms with Crippen LogP contribution in [-0.4, -0.2) is 42.6 Å². The summed E-state index contributed by atoms with van der Waals surface area (Å²) in [7, 11) is -2.07. The monoisotopic (exact) mass is 389 g/mol. The van der Waals surface area contributed by atoms with Crippen molar-refractivity contribution in [3.63, 3.8) is 0 Å². The van der Waals surface area contributed by atoms with Crippen LogP contribution in [0.1, 0.15) is 54.1 Å². The summed E-state index contributed by atoms with van der Waals surface area (Å²) < 4.78 is 38.1. The van der Waals surface area contributed by atoms with Gasteiger partial charge in [-0.05, 0) is 31.4 Å². The van der Waals surface area contributed by atoms with Crippen molar-refractivity contribution in [2.45, 2.75) is 44.2 Å². The van der Waals surface area contributed by atoms with Gasteiger partial charge in [0, 0.05) is 31.4 Å². The van der Waals surface area contributed by atoms with Gasteiger partial charge in [-0.25, -0.2) is 8.42 Å². The number of methoxy groups -OCH3 is 1. The van der Waals surface area contributed by atoms with Gasteiger partial charge in [0.1, 0.15) is 6.04 Å². The predicted octanol–water partition coefficient (Wildman–Crippen LogP) is 3.02. The van der Waals surface area contributed by atoms with E-state index in [1.807, 2.05) is 31.2 Å². The number of ether oxygens (including phenoxy) is 1. The number of nitrogens with zero attached hydrogens (tertiary/aromatic N) is 3. The summed E-state index contributed by atoms with van der Waals surface area (Å²) in [6.45, 7) is 2.26. The normalized spacial score (nSPS) is 24.1.